The zero-order valence-electron chi connectivity index (χ0n) is 10.6. The molecule has 0 aromatic carbocycles. The van der Waals surface area contributed by atoms with Crippen molar-refractivity contribution in [3.63, 3.8) is 0 Å². The van der Waals surface area contributed by atoms with Crippen LogP contribution in [0.25, 0.3) is 0 Å². The molecule has 0 N–H and O–H groups in total. The largest absolute Gasteiger partial charge is 0.458 e. The molecule has 1 aromatic heterocycles. The molecule has 0 amide bonds. The molecule has 2 rings (SSSR count). The van der Waals surface area contributed by atoms with Gasteiger partial charge in [-0.05, 0) is 19.9 Å². The van der Waals surface area contributed by atoms with E-state index in [4.69, 9.17) is 4.74 Å². The van der Waals surface area contributed by atoms with E-state index in [-0.39, 0.29) is 12.1 Å². The standard InChI is InChI=1S/C12H17N3O2S/c1-9(2)17-11(16)10-3-4-13-12(14-10)15-5-7-18-8-6-15/h3-4,9H,5-8H2,1-2H3. The Kier molecular flexibility index (Phi) is 4.41. The fourth-order valence-corrected chi connectivity index (χ4v) is 2.56. The van der Waals surface area contributed by atoms with Crippen LogP contribution in [0.4, 0.5) is 5.95 Å². The number of carbonyl (C=O) groups is 1. The van der Waals surface area contributed by atoms with E-state index in [2.05, 4.69) is 14.9 Å². The average molecular weight is 267 g/mol. The molecule has 0 unspecified atom stereocenters. The summed E-state index contributed by atoms with van der Waals surface area (Å²) in [6.07, 6.45) is 1.48. The molecule has 0 atom stereocenters. The Balaban J connectivity index is 2.11. The first kappa shape index (κ1) is 13.1. The molecular weight excluding hydrogens is 250 g/mol. The van der Waals surface area contributed by atoms with Crippen molar-refractivity contribution in [3.05, 3.63) is 18.0 Å². The van der Waals surface area contributed by atoms with Gasteiger partial charge in [0.25, 0.3) is 0 Å². The van der Waals surface area contributed by atoms with Crippen molar-refractivity contribution in [1.29, 1.82) is 0 Å². The van der Waals surface area contributed by atoms with Crippen molar-refractivity contribution in [2.24, 2.45) is 0 Å². The molecule has 1 aliphatic heterocycles. The fraction of sp³-hybridized carbons (Fsp3) is 0.583. The molecule has 0 spiro atoms. The number of hydrogen-bond donors (Lipinski definition) is 0. The minimum absolute atomic E-state index is 0.137. The van der Waals surface area contributed by atoms with Gasteiger partial charge in [-0.3, -0.25) is 0 Å². The second-order valence-corrected chi connectivity index (χ2v) is 5.52. The van der Waals surface area contributed by atoms with E-state index in [0.29, 0.717) is 11.6 Å². The minimum atomic E-state index is -0.389. The molecule has 18 heavy (non-hydrogen) atoms. The van der Waals surface area contributed by atoms with Crippen molar-refractivity contribution in [2.75, 3.05) is 29.5 Å². The first-order valence-electron chi connectivity index (χ1n) is 6.03. The van der Waals surface area contributed by atoms with Gasteiger partial charge >= 0.3 is 5.97 Å². The molecule has 2 heterocycles. The van der Waals surface area contributed by atoms with Gasteiger partial charge in [-0.1, -0.05) is 0 Å². The Hall–Kier alpha value is -1.30. The van der Waals surface area contributed by atoms with Crippen LogP contribution in [0.2, 0.25) is 0 Å². The highest BCUT2D eigenvalue weighted by Gasteiger charge is 2.17. The molecular formula is C12H17N3O2S. The summed E-state index contributed by atoms with van der Waals surface area (Å²) in [5.41, 5.74) is 0.326. The van der Waals surface area contributed by atoms with Gasteiger partial charge in [0.1, 0.15) is 0 Å². The zero-order chi connectivity index (χ0) is 13.0. The molecule has 5 nitrogen and oxygen atoms in total. The van der Waals surface area contributed by atoms with Crippen LogP contribution in [0.5, 0.6) is 0 Å². The van der Waals surface area contributed by atoms with E-state index in [0.717, 1.165) is 24.6 Å². The summed E-state index contributed by atoms with van der Waals surface area (Å²) < 4.78 is 5.13. The second-order valence-electron chi connectivity index (χ2n) is 4.30. The third-order valence-electron chi connectivity index (χ3n) is 2.49. The van der Waals surface area contributed by atoms with Crippen LogP contribution in [0.15, 0.2) is 12.3 Å². The highest BCUT2D eigenvalue weighted by Crippen LogP contribution is 2.15. The number of ether oxygens (including phenoxy) is 1. The predicted molar refractivity (Wildman–Crippen MR) is 72.1 cm³/mol. The Labute approximate surface area is 111 Å². The lowest BCUT2D eigenvalue weighted by Crippen LogP contribution is -2.34. The van der Waals surface area contributed by atoms with Crippen LogP contribution in [0.1, 0.15) is 24.3 Å². The van der Waals surface area contributed by atoms with Crippen molar-refractivity contribution in [1.82, 2.24) is 9.97 Å². The summed E-state index contributed by atoms with van der Waals surface area (Å²) in [4.78, 5) is 22.4. The SMILES string of the molecule is CC(C)OC(=O)c1ccnc(N2CCSCC2)n1. The van der Waals surface area contributed by atoms with Crippen LogP contribution in [-0.2, 0) is 4.74 Å². The van der Waals surface area contributed by atoms with Crippen molar-refractivity contribution < 1.29 is 9.53 Å². The van der Waals surface area contributed by atoms with E-state index in [9.17, 15) is 4.79 Å². The van der Waals surface area contributed by atoms with E-state index in [1.54, 1.807) is 12.3 Å². The number of thioether (sulfide) groups is 1. The smallest absolute Gasteiger partial charge is 0.357 e. The third kappa shape index (κ3) is 3.35. The Morgan fingerprint density at radius 3 is 2.83 bits per heavy atom. The lowest BCUT2D eigenvalue weighted by atomic mass is 10.4. The van der Waals surface area contributed by atoms with E-state index < -0.39 is 0 Å². The number of esters is 1. The Morgan fingerprint density at radius 2 is 2.17 bits per heavy atom. The summed E-state index contributed by atoms with van der Waals surface area (Å²) in [5, 5.41) is 0. The van der Waals surface area contributed by atoms with Gasteiger partial charge in [0.05, 0.1) is 6.10 Å². The number of aromatic nitrogens is 2. The minimum Gasteiger partial charge on any atom is -0.458 e. The van der Waals surface area contributed by atoms with Crippen molar-refractivity contribution in [3.8, 4) is 0 Å². The Morgan fingerprint density at radius 1 is 1.44 bits per heavy atom. The third-order valence-corrected chi connectivity index (χ3v) is 3.43. The predicted octanol–water partition coefficient (Wildman–Crippen LogP) is 1.59. The maximum Gasteiger partial charge on any atom is 0.357 e. The highest BCUT2D eigenvalue weighted by atomic mass is 32.2. The van der Waals surface area contributed by atoms with Crippen LogP contribution in [0.3, 0.4) is 0 Å². The highest BCUT2D eigenvalue weighted by molar-refractivity contribution is 7.99. The number of rotatable bonds is 3. The molecule has 6 heteroatoms. The molecule has 1 aromatic rings. The summed E-state index contributed by atoms with van der Waals surface area (Å²) >= 11 is 1.92. The Bertz CT molecular complexity index is 420. The van der Waals surface area contributed by atoms with E-state index >= 15 is 0 Å². The second kappa shape index (κ2) is 6.04. The number of anilines is 1. The van der Waals surface area contributed by atoms with Gasteiger partial charge in [-0.25, -0.2) is 14.8 Å². The topological polar surface area (TPSA) is 55.3 Å². The fourth-order valence-electron chi connectivity index (χ4n) is 1.65. The van der Waals surface area contributed by atoms with Gasteiger partial charge < -0.3 is 9.64 Å². The van der Waals surface area contributed by atoms with Crippen molar-refractivity contribution >= 4 is 23.7 Å². The summed E-state index contributed by atoms with van der Waals surface area (Å²) in [7, 11) is 0. The van der Waals surface area contributed by atoms with Gasteiger partial charge in [0.2, 0.25) is 5.95 Å². The average Bonchev–Trinajstić information content (AvgIpc) is 2.39. The van der Waals surface area contributed by atoms with Crippen LogP contribution >= 0.6 is 11.8 Å². The number of hydrogen-bond acceptors (Lipinski definition) is 6. The zero-order valence-corrected chi connectivity index (χ0v) is 11.4. The molecule has 1 fully saturated rings. The van der Waals surface area contributed by atoms with Crippen LogP contribution in [-0.4, -0.2) is 46.6 Å². The lowest BCUT2D eigenvalue weighted by Gasteiger charge is -2.26. The van der Waals surface area contributed by atoms with Crippen LogP contribution < -0.4 is 4.90 Å². The van der Waals surface area contributed by atoms with Gasteiger partial charge in [-0.15, -0.1) is 0 Å². The molecule has 1 saturated heterocycles. The van der Waals surface area contributed by atoms with E-state index in [1.165, 1.54) is 0 Å². The number of carbonyl (C=O) groups excluding carboxylic acids is 1. The monoisotopic (exact) mass is 267 g/mol. The van der Waals surface area contributed by atoms with Gasteiger partial charge in [0, 0.05) is 30.8 Å². The molecule has 0 radical (unpaired) electrons. The summed E-state index contributed by atoms with van der Waals surface area (Å²) in [6, 6.07) is 1.59. The van der Waals surface area contributed by atoms with Crippen LogP contribution in [0, 0.1) is 0 Å². The first-order valence-corrected chi connectivity index (χ1v) is 7.19. The lowest BCUT2D eigenvalue weighted by molar-refractivity contribution is 0.0370. The maximum absolute atomic E-state index is 11.8. The van der Waals surface area contributed by atoms with Crippen molar-refractivity contribution in [2.45, 2.75) is 20.0 Å². The van der Waals surface area contributed by atoms with E-state index in [1.807, 2.05) is 25.6 Å². The normalized spacial score (nSPS) is 15.8. The molecule has 0 saturated carbocycles. The summed E-state index contributed by atoms with van der Waals surface area (Å²) in [6.45, 7) is 5.49. The maximum atomic E-state index is 11.8. The van der Waals surface area contributed by atoms with Gasteiger partial charge in [0.15, 0.2) is 5.69 Å². The van der Waals surface area contributed by atoms with Gasteiger partial charge in [-0.2, -0.15) is 11.8 Å². The first-order chi connectivity index (χ1) is 8.66. The summed E-state index contributed by atoms with van der Waals surface area (Å²) in [5.74, 6) is 2.38. The quantitative estimate of drug-likeness (QED) is 0.775. The number of nitrogens with zero attached hydrogens (tertiary/aromatic N) is 3. The molecule has 0 aliphatic carbocycles. The molecule has 1 aliphatic rings. The molecule has 98 valence electrons. The molecule has 0 bridgehead atoms.